The van der Waals surface area contributed by atoms with E-state index in [9.17, 15) is 9.59 Å². The first-order valence-corrected chi connectivity index (χ1v) is 8.44. The third kappa shape index (κ3) is 8.09. The van der Waals surface area contributed by atoms with E-state index in [0.717, 1.165) is 25.7 Å². The normalized spacial score (nSPS) is 14.1. The predicted octanol–water partition coefficient (Wildman–Crippen LogP) is 2.02. The number of nitrogens with one attached hydrogen (secondary N) is 3. The molecule has 2 rings (SSSR count). The molecule has 1 aliphatic carbocycles. The van der Waals surface area contributed by atoms with E-state index >= 15 is 0 Å². The van der Waals surface area contributed by atoms with Crippen molar-refractivity contribution in [2.24, 2.45) is 5.73 Å². The Bertz CT molecular complexity index is 533. The lowest BCUT2D eigenvalue weighted by Crippen LogP contribution is -2.45. The van der Waals surface area contributed by atoms with E-state index in [2.05, 4.69) is 16.0 Å². The Morgan fingerprint density at radius 3 is 2.44 bits per heavy atom. The first kappa shape index (κ1) is 21.1. The molecule has 5 N–H and O–H groups in total. The van der Waals surface area contributed by atoms with Gasteiger partial charge in [-0.3, -0.25) is 4.79 Å². The fourth-order valence-electron chi connectivity index (χ4n) is 2.66. The molecule has 0 bridgehead atoms. The lowest BCUT2D eigenvalue weighted by atomic mass is 9.96. The lowest BCUT2D eigenvalue weighted by Gasteiger charge is -2.22. The SMILES string of the molecule is Cl.NCCOc1ccc(NC(=O)CNC(=O)NC2CCCCC2)cc1. The molecule has 140 valence electrons. The second-order valence-electron chi connectivity index (χ2n) is 5.87. The Balaban J connectivity index is 0.00000312. The van der Waals surface area contributed by atoms with Crippen molar-refractivity contribution in [3.8, 4) is 5.75 Å². The van der Waals surface area contributed by atoms with Gasteiger partial charge in [-0.2, -0.15) is 0 Å². The van der Waals surface area contributed by atoms with Crippen molar-refractivity contribution in [1.82, 2.24) is 10.6 Å². The van der Waals surface area contributed by atoms with Crippen LogP contribution in [0.25, 0.3) is 0 Å². The molecule has 0 spiro atoms. The van der Waals surface area contributed by atoms with Gasteiger partial charge in [0.05, 0.1) is 6.54 Å². The third-order valence-corrected chi connectivity index (χ3v) is 3.87. The molecule has 0 radical (unpaired) electrons. The molecule has 1 fully saturated rings. The number of carbonyl (C=O) groups excluding carboxylic acids is 2. The zero-order valence-corrected chi connectivity index (χ0v) is 15.1. The van der Waals surface area contributed by atoms with Gasteiger partial charge in [-0.25, -0.2) is 4.79 Å². The highest BCUT2D eigenvalue weighted by molar-refractivity contribution is 5.94. The van der Waals surface area contributed by atoms with Crippen LogP contribution in [-0.4, -0.2) is 37.7 Å². The summed E-state index contributed by atoms with van der Waals surface area (Å²) in [5.41, 5.74) is 6.02. The summed E-state index contributed by atoms with van der Waals surface area (Å²) in [6, 6.07) is 6.94. The summed E-state index contributed by atoms with van der Waals surface area (Å²) in [4.78, 5) is 23.6. The van der Waals surface area contributed by atoms with Gasteiger partial charge < -0.3 is 26.4 Å². The van der Waals surface area contributed by atoms with Gasteiger partial charge in [0.2, 0.25) is 5.91 Å². The summed E-state index contributed by atoms with van der Waals surface area (Å²) >= 11 is 0. The minimum absolute atomic E-state index is 0. The van der Waals surface area contributed by atoms with Crippen molar-refractivity contribution in [3.63, 3.8) is 0 Å². The molecule has 0 saturated heterocycles. The number of ether oxygens (including phenoxy) is 1. The molecule has 0 atom stereocenters. The van der Waals surface area contributed by atoms with Crippen molar-refractivity contribution in [2.75, 3.05) is 25.0 Å². The maximum atomic E-state index is 11.9. The van der Waals surface area contributed by atoms with Crippen molar-refractivity contribution in [1.29, 1.82) is 0 Å². The maximum Gasteiger partial charge on any atom is 0.315 e. The van der Waals surface area contributed by atoms with Crippen LogP contribution in [0.15, 0.2) is 24.3 Å². The van der Waals surface area contributed by atoms with E-state index in [1.807, 2.05) is 0 Å². The van der Waals surface area contributed by atoms with E-state index < -0.39 is 0 Å². The number of amides is 3. The quantitative estimate of drug-likeness (QED) is 0.589. The Labute approximate surface area is 154 Å². The van der Waals surface area contributed by atoms with Gasteiger partial charge in [0.15, 0.2) is 0 Å². The van der Waals surface area contributed by atoms with Crippen molar-refractivity contribution in [2.45, 2.75) is 38.1 Å². The molecule has 7 nitrogen and oxygen atoms in total. The van der Waals surface area contributed by atoms with E-state index in [1.165, 1.54) is 6.42 Å². The third-order valence-electron chi connectivity index (χ3n) is 3.87. The summed E-state index contributed by atoms with van der Waals surface area (Å²) in [6.07, 6.45) is 5.56. The number of urea groups is 1. The minimum Gasteiger partial charge on any atom is -0.492 e. The Morgan fingerprint density at radius 1 is 1.12 bits per heavy atom. The highest BCUT2D eigenvalue weighted by Crippen LogP contribution is 2.17. The lowest BCUT2D eigenvalue weighted by molar-refractivity contribution is -0.115. The van der Waals surface area contributed by atoms with Crippen molar-refractivity contribution in [3.05, 3.63) is 24.3 Å². The zero-order chi connectivity index (χ0) is 17.2. The van der Waals surface area contributed by atoms with Gasteiger partial charge >= 0.3 is 6.03 Å². The second kappa shape index (κ2) is 11.5. The molecule has 1 aromatic carbocycles. The van der Waals surface area contributed by atoms with E-state index in [4.69, 9.17) is 10.5 Å². The average molecular weight is 371 g/mol. The molecule has 0 aromatic heterocycles. The maximum absolute atomic E-state index is 11.9. The van der Waals surface area contributed by atoms with Crippen LogP contribution in [0.2, 0.25) is 0 Å². The van der Waals surface area contributed by atoms with Gasteiger partial charge in [0.1, 0.15) is 12.4 Å². The number of benzene rings is 1. The first-order chi connectivity index (χ1) is 11.7. The summed E-state index contributed by atoms with van der Waals surface area (Å²) < 4.78 is 5.36. The summed E-state index contributed by atoms with van der Waals surface area (Å²) in [7, 11) is 0. The fourth-order valence-corrected chi connectivity index (χ4v) is 2.66. The minimum atomic E-state index is -0.289. The molecule has 0 unspecified atom stereocenters. The largest absolute Gasteiger partial charge is 0.492 e. The molecule has 1 aromatic rings. The summed E-state index contributed by atoms with van der Waals surface area (Å²) in [6.45, 7) is 0.836. The molecule has 3 amide bonds. The monoisotopic (exact) mass is 370 g/mol. The fraction of sp³-hybridized carbons (Fsp3) is 0.529. The van der Waals surface area contributed by atoms with E-state index in [-0.39, 0.29) is 36.9 Å². The standard InChI is InChI=1S/C17H26N4O3.ClH/c18-10-11-24-15-8-6-14(7-9-15)20-16(22)12-19-17(23)21-13-4-2-1-3-5-13;/h6-9,13H,1-5,10-12,18H2,(H,20,22)(H2,19,21,23);1H. The smallest absolute Gasteiger partial charge is 0.315 e. The number of halogens is 1. The molecule has 1 aliphatic rings. The topological polar surface area (TPSA) is 105 Å². The van der Waals surface area contributed by atoms with Crippen LogP contribution in [0, 0.1) is 0 Å². The Hall–Kier alpha value is -1.99. The van der Waals surface area contributed by atoms with Crippen LogP contribution in [-0.2, 0) is 4.79 Å². The van der Waals surface area contributed by atoms with Gasteiger partial charge in [0.25, 0.3) is 0 Å². The van der Waals surface area contributed by atoms with Crippen LogP contribution >= 0.6 is 12.4 Å². The average Bonchev–Trinajstić information content (AvgIpc) is 2.60. The number of rotatable bonds is 7. The van der Waals surface area contributed by atoms with E-state index in [0.29, 0.717) is 24.6 Å². The zero-order valence-electron chi connectivity index (χ0n) is 14.3. The summed E-state index contributed by atoms with van der Waals surface area (Å²) in [5, 5.41) is 8.22. The molecule has 0 heterocycles. The second-order valence-corrected chi connectivity index (χ2v) is 5.87. The van der Waals surface area contributed by atoms with E-state index in [1.54, 1.807) is 24.3 Å². The van der Waals surface area contributed by atoms with Crippen LogP contribution in [0.5, 0.6) is 5.75 Å². The summed E-state index contributed by atoms with van der Waals surface area (Å²) in [5.74, 6) is 0.424. The number of anilines is 1. The Kier molecular flexibility index (Phi) is 9.72. The Morgan fingerprint density at radius 2 is 1.80 bits per heavy atom. The molecular weight excluding hydrogens is 344 g/mol. The molecule has 0 aliphatic heterocycles. The number of nitrogens with two attached hydrogens (primary N) is 1. The molecular formula is C17H27ClN4O3. The molecule has 25 heavy (non-hydrogen) atoms. The van der Waals surface area contributed by atoms with Crippen molar-refractivity contribution >= 4 is 30.0 Å². The number of hydrogen-bond acceptors (Lipinski definition) is 4. The molecule has 1 saturated carbocycles. The van der Waals surface area contributed by atoms with Crippen LogP contribution in [0.3, 0.4) is 0 Å². The first-order valence-electron chi connectivity index (χ1n) is 8.44. The van der Waals surface area contributed by atoms with Crippen LogP contribution < -0.4 is 26.4 Å². The van der Waals surface area contributed by atoms with Crippen LogP contribution in [0.4, 0.5) is 10.5 Å². The van der Waals surface area contributed by atoms with Crippen LogP contribution in [0.1, 0.15) is 32.1 Å². The number of hydrogen-bond donors (Lipinski definition) is 4. The number of carbonyl (C=O) groups is 2. The van der Waals surface area contributed by atoms with Gasteiger partial charge in [-0.05, 0) is 37.1 Å². The highest BCUT2D eigenvalue weighted by atomic mass is 35.5. The van der Waals surface area contributed by atoms with Crippen molar-refractivity contribution < 1.29 is 14.3 Å². The highest BCUT2D eigenvalue weighted by Gasteiger charge is 2.15. The molecule has 8 heteroatoms. The van der Waals surface area contributed by atoms with Gasteiger partial charge in [0, 0.05) is 18.3 Å². The van der Waals surface area contributed by atoms with Gasteiger partial charge in [-0.15, -0.1) is 12.4 Å². The predicted molar refractivity (Wildman–Crippen MR) is 100 cm³/mol. The van der Waals surface area contributed by atoms with Gasteiger partial charge in [-0.1, -0.05) is 19.3 Å².